The highest BCUT2D eigenvalue weighted by atomic mass is 16.2. The van der Waals surface area contributed by atoms with Crippen molar-refractivity contribution in [3.05, 3.63) is 65.7 Å². The van der Waals surface area contributed by atoms with Crippen molar-refractivity contribution in [3.63, 3.8) is 0 Å². The van der Waals surface area contributed by atoms with E-state index in [1.54, 1.807) is 0 Å². The molecule has 0 aromatic heterocycles. The summed E-state index contributed by atoms with van der Waals surface area (Å²) in [5, 5.41) is 5.65. The first-order valence-electron chi connectivity index (χ1n) is 9.78. The van der Waals surface area contributed by atoms with Crippen molar-refractivity contribution in [1.29, 1.82) is 0 Å². The second kappa shape index (κ2) is 7.70. The van der Waals surface area contributed by atoms with E-state index in [-0.39, 0.29) is 12.0 Å². The summed E-state index contributed by atoms with van der Waals surface area (Å²) in [6.45, 7) is 7.69. The Hall–Kier alpha value is -3.15. The number of amides is 4. The van der Waals surface area contributed by atoms with Gasteiger partial charge >= 0.3 is 6.03 Å². The number of urea groups is 1. The van der Waals surface area contributed by atoms with E-state index >= 15 is 0 Å². The Morgan fingerprint density at radius 2 is 1.66 bits per heavy atom. The molecule has 6 nitrogen and oxygen atoms in total. The van der Waals surface area contributed by atoms with E-state index in [0.29, 0.717) is 17.7 Å². The summed E-state index contributed by atoms with van der Waals surface area (Å²) in [7, 11) is 0. The maximum absolute atomic E-state index is 13.1. The average Bonchev–Trinajstić information content (AvgIpc) is 2.93. The summed E-state index contributed by atoms with van der Waals surface area (Å²) in [6, 6.07) is 16.1. The van der Waals surface area contributed by atoms with E-state index in [1.807, 2.05) is 61.5 Å². The Bertz CT molecular complexity index is 934. The van der Waals surface area contributed by atoms with Crippen LogP contribution in [0.25, 0.3) is 0 Å². The zero-order valence-corrected chi connectivity index (χ0v) is 17.3. The molecule has 1 aliphatic heterocycles. The van der Waals surface area contributed by atoms with Gasteiger partial charge in [0.25, 0.3) is 5.91 Å². The largest absolute Gasteiger partial charge is 0.325 e. The molecule has 2 aromatic rings. The van der Waals surface area contributed by atoms with Crippen LogP contribution < -0.4 is 10.6 Å². The summed E-state index contributed by atoms with van der Waals surface area (Å²) >= 11 is 0. The molecular formula is C23H27N3O3. The van der Waals surface area contributed by atoms with Crippen molar-refractivity contribution >= 4 is 23.5 Å². The van der Waals surface area contributed by atoms with Crippen LogP contribution >= 0.6 is 0 Å². The van der Waals surface area contributed by atoms with E-state index in [9.17, 15) is 14.4 Å². The number of imide groups is 1. The van der Waals surface area contributed by atoms with Crippen LogP contribution in [-0.2, 0) is 20.5 Å². The third kappa shape index (κ3) is 3.88. The molecule has 0 spiro atoms. The highest BCUT2D eigenvalue weighted by Crippen LogP contribution is 2.33. The van der Waals surface area contributed by atoms with E-state index in [2.05, 4.69) is 31.4 Å². The molecule has 0 saturated carbocycles. The number of rotatable bonds is 5. The fourth-order valence-corrected chi connectivity index (χ4v) is 3.71. The van der Waals surface area contributed by atoms with Crippen LogP contribution in [0.1, 0.15) is 45.2 Å². The summed E-state index contributed by atoms with van der Waals surface area (Å²) < 4.78 is 0. The van der Waals surface area contributed by atoms with E-state index < -0.39 is 23.4 Å². The molecule has 1 fully saturated rings. The molecule has 6 heteroatoms. The highest BCUT2D eigenvalue weighted by Gasteiger charge is 2.51. The monoisotopic (exact) mass is 393 g/mol. The quantitative estimate of drug-likeness (QED) is 0.759. The first-order chi connectivity index (χ1) is 13.7. The van der Waals surface area contributed by atoms with Crippen molar-refractivity contribution < 1.29 is 14.4 Å². The molecule has 1 saturated heterocycles. The molecule has 1 unspecified atom stereocenters. The zero-order chi connectivity index (χ0) is 21.2. The normalized spacial score (nSPS) is 19.2. The van der Waals surface area contributed by atoms with Crippen LogP contribution in [0.5, 0.6) is 0 Å². The molecular weight excluding hydrogens is 366 g/mol. The van der Waals surface area contributed by atoms with E-state index in [1.165, 1.54) is 0 Å². The van der Waals surface area contributed by atoms with Gasteiger partial charge in [-0.2, -0.15) is 0 Å². The lowest BCUT2D eigenvalue weighted by Gasteiger charge is -2.26. The number of hydrogen-bond acceptors (Lipinski definition) is 3. The number of hydrogen-bond donors (Lipinski definition) is 2. The van der Waals surface area contributed by atoms with Crippen LogP contribution in [0.4, 0.5) is 10.5 Å². The Morgan fingerprint density at radius 1 is 1.03 bits per heavy atom. The highest BCUT2D eigenvalue weighted by molar-refractivity contribution is 6.10. The van der Waals surface area contributed by atoms with Crippen molar-refractivity contribution in [2.45, 2.75) is 45.1 Å². The zero-order valence-electron chi connectivity index (χ0n) is 17.3. The number of carbonyl (C=O) groups excluding carboxylic acids is 3. The van der Waals surface area contributed by atoms with Gasteiger partial charge in [0, 0.05) is 5.69 Å². The number of carbonyl (C=O) groups is 3. The third-order valence-corrected chi connectivity index (χ3v) is 5.28. The lowest BCUT2D eigenvalue weighted by Crippen LogP contribution is -2.44. The molecule has 2 aromatic carbocycles. The predicted octanol–water partition coefficient (Wildman–Crippen LogP) is 3.78. The van der Waals surface area contributed by atoms with Crippen LogP contribution in [0.15, 0.2) is 54.6 Å². The van der Waals surface area contributed by atoms with Gasteiger partial charge < -0.3 is 10.6 Å². The van der Waals surface area contributed by atoms with Gasteiger partial charge in [-0.3, -0.25) is 14.5 Å². The van der Waals surface area contributed by atoms with Gasteiger partial charge in [-0.05, 0) is 29.0 Å². The second-order valence-electron chi connectivity index (χ2n) is 8.29. The fraction of sp³-hybridized carbons (Fsp3) is 0.348. The molecule has 2 N–H and O–H groups in total. The fourth-order valence-electron chi connectivity index (χ4n) is 3.71. The molecule has 3 rings (SSSR count). The Labute approximate surface area is 171 Å². The molecule has 1 aliphatic rings. The first kappa shape index (κ1) is 20.6. The number of nitrogens with zero attached hydrogens (tertiary/aromatic N) is 1. The molecule has 4 amide bonds. The third-order valence-electron chi connectivity index (χ3n) is 5.28. The number of para-hydroxylation sites is 1. The molecule has 29 heavy (non-hydrogen) atoms. The van der Waals surface area contributed by atoms with Gasteiger partial charge in [0.2, 0.25) is 5.91 Å². The van der Waals surface area contributed by atoms with Gasteiger partial charge in [0.1, 0.15) is 12.1 Å². The first-order valence-corrected chi connectivity index (χ1v) is 9.78. The van der Waals surface area contributed by atoms with Crippen LogP contribution in [0, 0.1) is 0 Å². The number of benzene rings is 2. The molecule has 152 valence electrons. The molecule has 0 bridgehead atoms. The summed E-state index contributed by atoms with van der Waals surface area (Å²) in [5.41, 5.74) is 1.08. The standard InChI is InChI=1S/C23H27N3O3/c1-5-23(16-11-7-6-8-12-16)20(28)26(21(29)25-23)15-19(27)24-18-14-10-9-13-17(18)22(2,3)4/h6-14H,5,15H2,1-4H3,(H,24,27)(H,25,29). The van der Waals surface area contributed by atoms with Crippen molar-refractivity contribution in [2.24, 2.45) is 0 Å². The Balaban J connectivity index is 1.80. The van der Waals surface area contributed by atoms with Gasteiger partial charge in [-0.15, -0.1) is 0 Å². The minimum Gasteiger partial charge on any atom is -0.324 e. The predicted molar refractivity (Wildman–Crippen MR) is 112 cm³/mol. The molecule has 1 atom stereocenters. The summed E-state index contributed by atoms with van der Waals surface area (Å²) in [5.74, 6) is -0.819. The number of nitrogens with one attached hydrogen (secondary N) is 2. The average molecular weight is 393 g/mol. The number of anilines is 1. The van der Waals surface area contributed by atoms with Gasteiger partial charge in [0.05, 0.1) is 0 Å². The van der Waals surface area contributed by atoms with Crippen LogP contribution in [0.2, 0.25) is 0 Å². The lowest BCUT2D eigenvalue weighted by atomic mass is 9.86. The summed E-state index contributed by atoms with van der Waals surface area (Å²) in [4.78, 5) is 39.4. The molecule has 0 aliphatic carbocycles. The molecule has 1 heterocycles. The SMILES string of the molecule is CCC1(c2ccccc2)NC(=O)N(CC(=O)Nc2ccccc2C(C)(C)C)C1=O. The summed E-state index contributed by atoms with van der Waals surface area (Å²) in [6.07, 6.45) is 0.395. The van der Waals surface area contributed by atoms with Crippen molar-refractivity contribution in [1.82, 2.24) is 10.2 Å². The maximum Gasteiger partial charge on any atom is 0.325 e. The molecule has 0 radical (unpaired) electrons. The maximum atomic E-state index is 13.1. The van der Waals surface area contributed by atoms with Crippen LogP contribution in [0.3, 0.4) is 0 Å². The van der Waals surface area contributed by atoms with Crippen LogP contribution in [-0.4, -0.2) is 29.3 Å². The minimum absolute atomic E-state index is 0.157. The van der Waals surface area contributed by atoms with Gasteiger partial charge in [-0.1, -0.05) is 76.2 Å². The second-order valence-corrected chi connectivity index (χ2v) is 8.29. The van der Waals surface area contributed by atoms with Gasteiger partial charge in [-0.25, -0.2) is 4.79 Å². The Morgan fingerprint density at radius 3 is 2.28 bits per heavy atom. The lowest BCUT2D eigenvalue weighted by molar-refractivity contribution is -0.134. The van der Waals surface area contributed by atoms with E-state index in [4.69, 9.17) is 0 Å². The smallest absolute Gasteiger partial charge is 0.324 e. The topological polar surface area (TPSA) is 78.5 Å². The van der Waals surface area contributed by atoms with Crippen molar-refractivity contribution in [2.75, 3.05) is 11.9 Å². The van der Waals surface area contributed by atoms with Gasteiger partial charge in [0.15, 0.2) is 0 Å². The minimum atomic E-state index is -1.14. The Kier molecular flexibility index (Phi) is 5.46. The van der Waals surface area contributed by atoms with Crippen molar-refractivity contribution in [3.8, 4) is 0 Å². The van der Waals surface area contributed by atoms with E-state index in [0.717, 1.165) is 10.5 Å².